The van der Waals surface area contributed by atoms with Gasteiger partial charge in [-0.25, -0.2) is 0 Å². The molecule has 1 saturated heterocycles. The van der Waals surface area contributed by atoms with Crippen LogP contribution in [0.3, 0.4) is 0 Å². The van der Waals surface area contributed by atoms with Crippen molar-refractivity contribution in [2.24, 2.45) is 0 Å². The highest BCUT2D eigenvalue weighted by Crippen LogP contribution is 2.21. The van der Waals surface area contributed by atoms with Gasteiger partial charge in [-0.1, -0.05) is 35.3 Å². The van der Waals surface area contributed by atoms with E-state index in [1.807, 2.05) is 24.3 Å². The lowest BCUT2D eigenvalue weighted by molar-refractivity contribution is -0.127. The molecule has 2 amide bonds. The Morgan fingerprint density at radius 3 is 2.25 bits per heavy atom. The molecule has 5 nitrogen and oxygen atoms in total. The first-order valence-electron chi connectivity index (χ1n) is 8.82. The van der Waals surface area contributed by atoms with Crippen LogP contribution in [0.2, 0.25) is 10.0 Å². The Morgan fingerprint density at radius 1 is 0.964 bits per heavy atom. The van der Waals surface area contributed by atoms with Crippen molar-refractivity contribution in [1.29, 1.82) is 0 Å². The maximum Gasteiger partial charge on any atom is 0.254 e. The molecule has 0 radical (unpaired) electrons. The molecule has 1 aliphatic heterocycles. The van der Waals surface area contributed by atoms with E-state index < -0.39 is 0 Å². The van der Waals surface area contributed by atoms with Crippen molar-refractivity contribution >= 4 is 41.1 Å². The third kappa shape index (κ3) is 5.06. The number of carbonyl (C=O) groups excluding carboxylic acids is 2. The highest BCUT2D eigenvalue weighted by molar-refractivity contribution is 6.35. The fourth-order valence-electron chi connectivity index (χ4n) is 3.01. The fourth-order valence-corrected chi connectivity index (χ4v) is 3.53. The molecule has 1 fully saturated rings. The Labute approximate surface area is 174 Å². The van der Waals surface area contributed by atoms with E-state index in [1.54, 1.807) is 47.3 Å². The highest BCUT2D eigenvalue weighted by Gasteiger charge is 2.24. The summed E-state index contributed by atoms with van der Waals surface area (Å²) >= 11 is 12.0. The van der Waals surface area contributed by atoms with Gasteiger partial charge in [-0.2, -0.15) is 0 Å². The molecule has 3 rings (SSSR count). The summed E-state index contributed by atoms with van der Waals surface area (Å²) in [4.78, 5) is 28.5. The van der Waals surface area contributed by atoms with Crippen molar-refractivity contribution < 1.29 is 14.3 Å². The summed E-state index contributed by atoms with van der Waals surface area (Å²) in [6.45, 7) is 1.87. The molecule has 146 valence electrons. The quantitative estimate of drug-likeness (QED) is 0.704. The van der Waals surface area contributed by atoms with Crippen LogP contribution in [0.15, 0.2) is 48.5 Å². The van der Waals surface area contributed by atoms with Crippen molar-refractivity contribution in [3.05, 3.63) is 69.7 Å². The van der Waals surface area contributed by atoms with Gasteiger partial charge in [-0.15, -0.1) is 0 Å². The Hall–Kier alpha value is -2.50. The minimum atomic E-state index is -0.136. The van der Waals surface area contributed by atoms with Crippen molar-refractivity contribution in [3.8, 4) is 5.75 Å². The van der Waals surface area contributed by atoms with E-state index in [0.29, 0.717) is 41.8 Å². The third-order valence-electron chi connectivity index (χ3n) is 4.50. The third-order valence-corrected chi connectivity index (χ3v) is 4.94. The Kier molecular flexibility index (Phi) is 6.60. The first-order valence-corrected chi connectivity index (χ1v) is 9.58. The lowest BCUT2D eigenvalue weighted by Crippen LogP contribution is -2.50. The number of nitrogens with zero attached hydrogens (tertiary/aromatic N) is 2. The summed E-state index contributed by atoms with van der Waals surface area (Å²) in [6.07, 6.45) is 3.30. The summed E-state index contributed by atoms with van der Waals surface area (Å²) in [7, 11) is 1.60. The lowest BCUT2D eigenvalue weighted by atomic mass is 10.1. The monoisotopic (exact) mass is 418 g/mol. The highest BCUT2D eigenvalue weighted by atomic mass is 35.5. The predicted octanol–water partition coefficient (Wildman–Crippen LogP) is 4.00. The molecule has 0 spiro atoms. The second-order valence-corrected chi connectivity index (χ2v) is 7.26. The number of benzene rings is 2. The maximum absolute atomic E-state index is 12.6. The van der Waals surface area contributed by atoms with Gasteiger partial charge in [0.25, 0.3) is 5.91 Å². The topological polar surface area (TPSA) is 49.9 Å². The van der Waals surface area contributed by atoms with E-state index in [1.165, 1.54) is 0 Å². The van der Waals surface area contributed by atoms with Crippen molar-refractivity contribution in [3.63, 3.8) is 0 Å². The van der Waals surface area contributed by atoms with E-state index in [0.717, 1.165) is 11.3 Å². The molecule has 2 aromatic rings. The number of hydrogen-bond donors (Lipinski definition) is 0. The first-order chi connectivity index (χ1) is 13.5. The molecule has 0 unspecified atom stereocenters. The zero-order valence-electron chi connectivity index (χ0n) is 15.4. The SMILES string of the molecule is COc1cccc(/C=C/C(=O)N2CCN(C(=O)c3cc(Cl)cc(Cl)c3)CC2)c1. The second kappa shape index (κ2) is 9.13. The van der Waals surface area contributed by atoms with E-state index in [9.17, 15) is 9.59 Å². The number of amides is 2. The van der Waals surface area contributed by atoms with Crippen LogP contribution in [-0.4, -0.2) is 54.9 Å². The number of piperazine rings is 1. The van der Waals surface area contributed by atoms with Gasteiger partial charge in [0.15, 0.2) is 0 Å². The van der Waals surface area contributed by atoms with Crippen molar-refractivity contribution in [1.82, 2.24) is 9.80 Å². The average Bonchev–Trinajstić information content (AvgIpc) is 2.71. The minimum Gasteiger partial charge on any atom is -0.497 e. The average molecular weight is 419 g/mol. The molecule has 7 heteroatoms. The second-order valence-electron chi connectivity index (χ2n) is 6.39. The molecule has 0 aliphatic carbocycles. The summed E-state index contributed by atoms with van der Waals surface area (Å²) in [5.74, 6) is 0.520. The summed E-state index contributed by atoms with van der Waals surface area (Å²) < 4.78 is 5.18. The zero-order valence-corrected chi connectivity index (χ0v) is 16.9. The van der Waals surface area contributed by atoms with Crippen LogP contribution in [0.4, 0.5) is 0 Å². The summed E-state index contributed by atoms with van der Waals surface area (Å²) in [5.41, 5.74) is 1.34. The molecule has 28 heavy (non-hydrogen) atoms. The predicted molar refractivity (Wildman–Crippen MR) is 111 cm³/mol. The number of ether oxygens (including phenoxy) is 1. The van der Waals surface area contributed by atoms with Crippen molar-refractivity contribution in [2.75, 3.05) is 33.3 Å². The summed E-state index contributed by atoms with van der Waals surface area (Å²) in [6, 6.07) is 12.3. The largest absolute Gasteiger partial charge is 0.497 e. The van der Waals surface area contributed by atoms with Crippen LogP contribution in [0, 0.1) is 0 Å². The Balaban J connectivity index is 1.57. The van der Waals surface area contributed by atoms with E-state index in [4.69, 9.17) is 27.9 Å². The smallest absolute Gasteiger partial charge is 0.254 e. The van der Waals surface area contributed by atoms with Crippen LogP contribution in [-0.2, 0) is 4.79 Å². The van der Waals surface area contributed by atoms with Gasteiger partial charge in [-0.05, 0) is 42.0 Å². The van der Waals surface area contributed by atoms with Gasteiger partial charge in [0.2, 0.25) is 5.91 Å². The van der Waals surface area contributed by atoms with Crippen LogP contribution in [0.25, 0.3) is 6.08 Å². The van der Waals surface area contributed by atoms with Crippen LogP contribution >= 0.6 is 23.2 Å². The molecule has 0 bridgehead atoms. The molecule has 1 aliphatic rings. The number of rotatable bonds is 4. The standard InChI is InChI=1S/C21H20Cl2N2O3/c1-28-19-4-2-3-15(11-19)5-6-20(26)24-7-9-25(10-8-24)21(27)16-12-17(22)14-18(23)13-16/h2-6,11-14H,7-10H2,1H3/b6-5+. The number of halogens is 2. The molecule has 1 heterocycles. The van der Waals surface area contributed by atoms with Gasteiger partial charge in [0.05, 0.1) is 7.11 Å². The molecular weight excluding hydrogens is 399 g/mol. The fraction of sp³-hybridized carbons (Fsp3) is 0.238. The van der Waals surface area contributed by atoms with Crippen LogP contribution in [0.1, 0.15) is 15.9 Å². The molecule has 2 aromatic carbocycles. The maximum atomic E-state index is 12.6. The van der Waals surface area contributed by atoms with Gasteiger partial charge in [0.1, 0.15) is 5.75 Å². The molecule has 0 atom stereocenters. The van der Waals surface area contributed by atoms with Gasteiger partial charge in [0, 0.05) is 47.9 Å². The molecule has 0 aromatic heterocycles. The van der Waals surface area contributed by atoms with E-state index >= 15 is 0 Å². The summed E-state index contributed by atoms with van der Waals surface area (Å²) in [5, 5.41) is 0.847. The van der Waals surface area contributed by atoms with Gasteiger partial charge in [-0.3, -0.25) is 9.59 Å². The number of carbonyl (C=O) groups is 2. The number of methoxy groups -OCH3 is 1. The Morgan fingerprint density at radius 2 is 1.61 bits per heavy atom. The van der Waals surface area contributed by atoms with E-state index in [2.05, 4.69) is 0 Å². The molecule has 0 saturated carbocycles. The first kappa shape index (κ1) is 20.2. The zero-order chi connectivity index (χ0) is 20.1. The van der Waals surface area contributed by atoms with Gasteiger partial charge >= 0.3 is 0 Å². The van der Waals surface area contributed by atoms with Crippen LogP contribution < -0.4 is 4.74 Å². The molecule has 0 N–H and O–H groups in total. The lowest BCUT2D eigenvalue weighted by Gasteiger charge is -2.34. The van der Waals surface area contributed by atoms with E-state index in [-0.39, 0.29) is 11.8 Å². The van der Waals surface area contributed by atoms with Crippen LogP contribution in [0.5, 0.6) is 5.75 Å². The van der Waals surface area contributed by atoms with Crippen molar-refractivity contribution in [2.45, 2.75) is 0 Å². The molecular formula is C21H20Cl2N2O3. The Bertz CT molecular complexity index is 886. The minimum absolute atomic E-state index is 0.0827. The normalized spacial score (nSPS) is 14.4. The van der Waals surface area contributed by atoms with Gasteiger partial charge < -0.3 is 14.5 Å². The number of hydrogen-bond acceptors (Lipinski definition) is 3.